The second-order valence-electron chi connectivity index (χ2n) is 8.19. The van der Waals surface area contributed by atoms with Crippen LogP contribution in [0.2, 0.25) is 0 Å². The minimum Gasteiger partial charge on any atom is -0.493 e. The summed E-state index contributed by atoms with van der Waals surface area (Å²) in [6, 6.07) is 11.7. The number of benzene rings is 1. The highest BCUT2D eigenvalue weighted by atomic mass is 32.1. The van der Waals surface area contributed by atoms with Gasteiger partial charge in [0.05, 0.1) is 19.6 Å². The molecule has 0 saturated heterocycles. The Balaban J connectivity index is 1.76. The van der Waals surface area contributed by atoms with Crippen LogP contribution >= 0.6 is 11.3 Å². The lowest BCUT2D eigenvalue weighted by atomic mass is 10.1. The van der Waals surface area contributed by atoms with Gasteiger partial charge in [-0.2, -0.15) is 13.2 Å². The molecule has 2 heterocycles. The van der Waals surface area contributed by atoms with E-state index in [0.717, 1.165) is 44.8 Å². The molecule has 0 spiro atoms. The third-order valence-corrected chi connectivity index (χ3v) is 6.42. The Morgan fingerprint density at radius 3 is 2.53 bits per heavy atom. The topological polar surface area (TPSA) is 48.4 Å². The van der Waals surface area contributed by atoms with Crippen LogP contribution in [0, 0.1) is 5.92 Å². The lowest BCUT2D eigenvalue weighted by Crippen LogP contribution is -2.26. The summed E-state index contributed by atoms with van der Waals surface area (Å²) < 4.78 is 50.5. The van der Waals surface area contributed by atoms with Crippen LogP contribution in [-0.2, 0) is 22.4 Å². The van der Waals surface area contributed by atoms with Gasteiger partial charge >= 0.3 is 12.1 Å². The van der Waals surface area contributed by atoms with Gasteiger partial charge in [0.1, 0.15) is 5.75 Å². The number of alkyl halides is 3. The minimum absolute atomic E-state index is 0.136. The van der Waals surface area contributed by atoms with Crippen molar-refractivity contribution >= 4 is 27.4 Å². The summed E-state index contributed by atoms with van der Waals surface area (Å²) in [4.78, 5) is 17.4. The second kappa shape index (κ2) is 11.0. The van der Waals surface area contributed by atoms with Crippen molar-refractivity contribution in [3.63, 3.8) is 0 Å². The smallest absolute Gasteiger partial charge is 0.389 e. The molecule has 3 aromatic rings. The zero-order chi connectivity index (χ0) is 24.9. The fraction of sp³-hybridized carbons (Fsp3) is 0.385. The molecule has 0 aliphatic heterocycles. The molecule has 0 N–H and O–H groups in total. The highest BCUT2D eigenvalue weighted by Crippen LogP contribution is 2.37. The van der Waals surface area contributed by atoms with Crippen molar-refractivity contribution in [1.82, 2.24) is 4.98 Å². The van der Waals surface area contributed by atoms with Gasteiger partial charge < -0.3 is 9.47 Å². The molecular weight excluding hydrogens is 463 g/mol. The van der Waals surface area contributed by atoms with E-state index in [1.807, 2.05) is 18.2 Å². The lowest BCUT2D eigenvalue weighted by Gasteiger charge is -2.19. The first-order valence-corrected chi connectivity index (χ1v) is 12.0. The van der Waals surface area contributed by atoms with Crippen LogP contribution in [-0.4, -0.2) is 30.3 Å². The average molecular weight is 492 g/mol. The molecule has 0 aliphatic rings. The van der Waals surface area contributed by atoms with Crippen LogP contribution in [0.25, 0.3) is 20.5 Å². The monoisotopic (exact) mass is 491 g/mol. The third kappa shape index (κ3) is 6.82. The predicted octanol–water partition coefficient (Wildman–Crippen LogP) is 7.15. The number of ether oxygens (including phenoxy) is 2. The number of aromatic nitrogens is 1. The second-order valence-corrected chi connectivity index (χ2v) is 9.27. The van der Waals surface area contributed by atoms with E-state index in [1.54, 1.807) is 17.4 Å². The molecule has 0 aliphatic carbocycles. The molecule has 1 unspecified atom stereocenters. The number of thiophene rings is 1. The van der Waals surface area contributed by atoms with Gasteiger partial charge in [0, 0.05) is 38.0 Å². The Morgan fingerprint density at radius 1 is 1.12 bits per heavy atom. The first-order valence-electron chi connectivity index (χ1n) is 11.1. The molecule has 182 valence electrons. The van der Waals surface area contributed by atoms with E-state index in [0.29, 0.717) is 5.75 Å². The van der Waals surface area contributed by atoms with Crippen LogP contribution in [0.5, 0.6) is 5.75 Å². The Hall–Kier alpha value is -2.87. The number of fused-ring (bicyclic) bond motifs is 1. The predicted molar refractivity (Wildman–Crippen MR) is 129 cm³/mol. The Bertz CT molecular complexity index is 1170. The lowest BCUT2D eigenvalue weighted by molar-refractivity contribution is -0.158. The van der Waals surface area contributed by atoms with Crippen LogP contribution in [0.4, 0.5) is 13.2 Å². The summed E-state index contributed by atoms with van der Waals surface area (Å²) in [6.07, 6.45) is -3.80. The average Bonchev–Trinajstić information content (AvgIpc) is 3.22. The van der Waals surface area contributed by atoms with E-state index in [2.05, 4.69) is 32.6 Å². The molecule has 0 amide bonds. The zero-order valence-corrected chi connectivity index (χ0v) is 20.3. The van der Waals surface area contributed by atoms with Crippen LogP contribution in [0.3, 0.4) is 0 Å². The van der Waals surface area contributed by atoms with E-state index in [-0.39, 0.29) is 12.2 Å². The van der Waals surface area contributed by atoms with Gasteiger partial charge in [-0.05, 0) is 61.5 Å². The molecule has 0 fully saturated rings. The summed E-state index contributed by atoms with van der Waals surface area (Å²) >= 11 is 1.59. The third-order valence-electron chi connectivity index (χ3n) is 5.29. The Morgan fingerprint density at radius 2 is 1.88 bits per heavy atom. The van der Waals surface area contributed by atoms with Gasteiger partial charge in [-0.15, -0.1) is 11.3 Å². The van der Waals surface area contributed by atoms with E-state index in [9.17, 15) is 18.0 Å². The van der Waals surface area contributed by atoms with E-state index < -0.39 is 31.1 Å². The highest BCUT2D eigenvalue weighted by molar-refractivity contribution is 7.22. The number of nitrogens with zero attached hydrogens (tertiary/aromatic N) is 1. The van der Waals surface area contributed by atoms with Crippen molar-refractivity contribution in [3.8, 4) is 16.2 Å². The number of hydrogen-bond acceptors (Lipinski definition) is 5. The first kappa shape index (κ1) is 25.7. The number of aryl methyl sites for hydroxylation is 2. The number of carbonyl (C=O) groups is 1. The summed E-state index contributed by atoms with van der Waals surface area (Å²) in [6.45, 7) is 8.42. The first-order chi connectivity index (χ1) is 16.1. The van der Waals surface area contributed by atoms with Crippen LogP contribution < -0.4 is 4.74 Å². The summed E-state index contributed by atoms with van der Waals surface area (Å²) in [7, 11) is 0. The van der Waals surface area contributed by atoms with E-state index in [4.69, 9.17) is 14.5 Å². The summed E-state index contributed by atoms with van der Waals surface area (Å²) in [5, 5.41) is 1.02. The normalized spacial score (nSPS) is 12.5. The minimum atomic E-state index is -4.39. The number of hydrogen-bond donors (Lipinski definition) is 0. The summed E-state index contributed by atoms with van der Waals surface area (Å²) in [5.41, 5.74) is 3.32. The maximum absolute atomic E-state index is 13.0. The van der Waals surface area contributed by atoms with E-state index >= 15 is 0 Å². The maximum Gasteiger partial charge on any atom is 0.389 e. The van der Waals surface area contributed by atoms with Gasteiger partial charge in [0.2, 0.25) is 0 Å². The molecule has 2 aromatic heterocycles. The fourth-order valence-electron chi connectivity index (χ4n) is 3.50. The molecule has 1 aromatic carbocycles. The number of esters is 1. The Labute approximate surface area is 201 Å². The van der Waals surface area contributed by atoms with Gasteiger partial charge in [-0.1, -0.05) is 20.4 Å². The summed E-state index contributed by atoms with van der Waals surface area (Å²) in [5.74, 6) is -1.27. The molecule has 0 radical (unpaired) electrons. The number of halogens is 3. The van der Waals surface area contributed by atoms with Crippen LogP contribution in [0.15, 0.2) is 48.6 Å². The molecule has 34 heavy (non-hydrogen) atoms. The van der Waals surface area contributed by atoms with Crippen molar-refractivity contribution in [2.75, 3.05) is 13.2 Å². The maximum atomic E-state index is 13.0. The molecule has 8 heteroatoms. The Kier molecular flexibility index (Phi) is 8.36. The fourth-order valence-corrected chi connectivity index (χ4v) is 4.63. The van der Waals surface area contributed by atoms with Crippen LogP contribution in [0.1, 0.15) is 38.6 Å². The molecule has 4 nitrogen and oxygen atoms in total. The van der Waals surface area contributed by atoms with Crippen molar-refractivity contribution in [2.45, 2.75) is 46.2 Å². The molecule has 0 saturated carbocycles. The zero-order valence-electron chi connectivity index (χ0n) is 19.5. The molecule has 1 atom stereocenters. The van der Waals surface area contributed by atoms with Gasteiger partial charge in [-0.25, -0.2) is 4.79 Å². The van der Waals surface area contributed by atoms with Crippen molar-refractivity contribution in [2.24, 2.45) is 5.92 Å². The number of rotatable bonds is 10. The largest absolute Gasteiger partial charge is 0.493 e. The standard InChI is InChI=1S/C26H28F3NO3S/c1-5-19-8-10-21(22(6-2)30-19)24-11-18-7-9-20(12-23(18)34-24)32-14-17(13-26(27,28)29)15-33-25(31)16(3)4/h7-12,17H,3,5-6,13-15H2,1-2,4H3. The highest BCUT2D eigenvalue weighted by Gasteiger charge is 2.33. The van der Waals surface area contributed by atoms with Gasteiger partial charge in [0.25, 0.3) is 0 Å². The van der Waals surface area contributed by atoms with E-state index in [1.165, 1.54) is 6.92 Å². The van der Waals surface area contributed by atoms with Crippen molar-refractivity contribution in [1.29, 1.82) is 0 Å². The van der Waals surface area contributed by atoms with Gasteiger partial charge in [-0.3, -0.25) is 4.98 Å². The molecule has 0 bridgehead atoms. The number of carbonyl (C=O) groups excluding carboxylic acids is 1. The molecule has 3 rings (SSSR count). The van der Waals surface area contributed by atoms with Crippen molar-refractivity contribution in [3.05, 3.63) is 59.9 Å². The SMILES string of the molecule is C=C(C)C(=O)OCC(COc1ccc2cc(-c3ccc(CC)nc3CC)sc2c1)CC(F)(F)F. The van der Waals surface area contributed by atoms with Crippen molar-refractivity contribution < 1.29 is 27.4 Å². The molecular formula is C26H28F3NO3S. The van der Waals surface area contributed by atoms with Gasteiger partial charge in [0.15, 0.2) is 0 Å². The quantitative estimate of drug-likeness (QED) is 0.223. The number of pyridine rings is 1.